The Bertz CT molecular complexity index is 507. The number of hydrogen-bond donors (Lipinski definition) is 0. The van der Waals surface area contributed by atoms with Crippen molar-refractivity contribution in [2.45, 2.75) is 0 Å². The third-order valence-electron chi connectivity index (χ3n) is 3.06. The highest BCUT2D eigenvalue weighted by Gasteiger charge is 2.43. The van der Waals surface area contributed by atoms with Crippen molar-refractivity contribution < 1.29 is 14.0 Å². The first-order valence-corrected chi connectivity index (χ1v) is 8.69. The van der Waals surface area contributed by atoms with Crippen LogP contribution in [0.3, 0.4) is 0 Å². The van der Waals surface area contributed by atoms with E-state index in [1.165, 1.54) is 0 Å². The predicted octanol–water partition coefficient (Wildman–Crippen LogP) is 3.39. The maximum atomic E-state index is 6.77. The molecule has 0 saturated carbocycles. The smallest absolute Gasteiger partial charge is 0.306 e. The SMILES string of the molecule is COc1ccc([P+](Cl)(OC)c2ccc(OC)cc2)cc1. The number of benzene rings is 2. The summed E-state index contributed by atoms with van der Waals surface area (Å²) in [5, 5.41) is 1.90. The molecule has 5 heteroatoms. The monoisotopic (exact) mass is 311 g/mol. The summed E-state index contributed by atoms with van der Waals surface area (Å²) in [7, 11) is 4.91. The highest BCUT2D eigenvalue weighted by atomic mass is 35.7. The van der Waals surface area contributed by atoms with Crippen molar-refractivity contribution in [2.24, 2.45) is 0 Å². The summed E-state index contributed by atoms with van der Waals surface area (Å²) in [5.41, 5.74) is 0. The van der Waals surface area contributed by atoms with Crippen molar-refractivity contribution in [1.82, 2.24) is 0 Å². The van der Waals surface area contributed by atoms with Crippen molar-refractivity contribution >= 4 is 28.7 Å². The van der Waals surface area contributed by atoms with E-state index in [4.69, 9.17) is 25.2 Å². The van der Waals surface area contributed by atoms with E-state index in [1.807, 2.05) is 48.5 Å². The summed E-state index contributed by atoms with van der Waals surface area (Å²) in [6.07, 6.45) is 0. The highest BCUT2D eigenvalue weighted by Crippen LogP contribution is 2.62. The lowest BCUT2D eigenvalue weighted by Crippen LogP contribution is -2.19. The average Bonchev–Trinajstić information content (AvgIpc) is 2.54. The standard InChI is InChI=1S/C15H17ClO3P/c1-17-12-4-8-14(9-5-12)20(16,19-3)15-10-6-13(18-2)7-11-15/h4-11H,1-3H3/q+1. The molecule has 0 fully saturated rings. The van der Waals surface area contributed by atoms with E-state index >= 15 is 0 Å². The Balaban J connectivity index is 2.39. The molecule has 20 heavy (non-hydrogen) atoms. The number of rotatable bonds is 5. The number of hydrogen-bond acceptors (Lipinski definition) is 3. The molecule has 0 aliphatic heterocycles. The molecule has 0 atom stereocenters. The maximum absolute atomic E-state index is 6.77. The molecular weight excluding hydrogens is 295 g/mol. The van der Waals surface area contributed by atoms with E-state index in [9.17, 15) is 0 Å². The Morgan fingerprint density at radius 3 is 1.30 bits per heavy atom. The van der Waals surface area contributed by atoms with Crippen molar-refractivity contribution in [1.29, 1.82) is 0 Å². The average molecular weight is 312 g/mol. The Labute approximate surface area is 124 Å². The van der Waals surface area contributed by atoms with Crippen LogP contribution in [0.1, 0.15) is 0 Å². The zero-order chi connectivity index (χ0) is 14.6. The zero-order valence-electron chi connectivity index (χ0n) is 11.7. The molecule has 0 aliphatic rings. The first-order chi connectivity index (χ1) is 9.63. The lowest BCUT2D eigenvalue weighted by atomic mass is 10.3. The van der Waals surface area contributed by atoms with Crippen LogP contribution in [0, 0.1) is 0 Å². The summed E-state index contributed by atoms with van der Waals surface area (Å²) in [4.78, 5) is 0. The zero-order valence-corrected chi connectivity index (χ0v) is 13.3. The van der Waals surface area contributed by atoms with E-state index < -0.39 is 6.84 Å². The second-order valence-corrected chi connectivity index (χ2v) is 8.00. The van der Waals surface area contributed by atoms with Gasteiger partial charge in [0.15, 0.2) is 0 Å². The number of halogens is 1. The fourth-order valence-corrected chi connectivity index (χ4v) is 4.37. The van der Waals surface area contributed by atoms with Gasteiger partial charge in [-0.1, -0.05) is 0 Å². The van der Waals surface area contributed by atoms with Gasteiger partial charge in [-0.15, -0.1) is 0 Å². The van der Waals surface area contributed by atoms with Crippen LogP contribution in [0.4, 0.5) is 0 Å². The molecule has 0 unspecified atom stereocenters. The van der Waals surface area contributed by atoms with Gasteiger partial charge in [0, 0.05) is 0 Å². The molecule has 0 heterocycles. The van der Waals surface area contributed by atoms with Crippen molar-refractivity contribution in [3.05, 3.63) is 48.5 Å². The molecule has 0 aromatic heterocycles. The minimum atomic E-state index is -2.35. The predicted molar refractivity (Wildman–Crippen MR) is 85.0 cm³/mol. The van der Waals surface area contributed by atoms with Crippen LogP contribution >= 0.6 is 18.1 Å². The van der Waals surface area contributed by atoms with Crippen LogP contribution in [0.2, 0.25) is 0 Å². The van der Waals surface area contributed by atoms with Gasteiger partial charge in [-0.25, -0.2) is 4.52 Å². The van der Waals surface area contributed by atoms with Crippen LogP contribution in [0.15, 0.2) is 48.5 Å². The normalized spacial score (nSPS) is 11.2. The van der Waals surface area contributed by atoms with E-state index in [0.29, 0.717) is 0 Å². The summed E-state index contributed by atoms with van der Waals surface area (Å²) >= 11 is 6.77. The maximum Gasteiger partial charge on any atom is 0.306 e. The van der Waals surface area contributed by atoms with Crippen LogP contribution in [0.5, 0.6) is 11.5 Å². The quantitative estimate of drug-likeness (QED) is 0.792. The summed E-state index contributed by atoms with van der Waals surface area (Å²) in [6, 6.07) is 15.3. The van der Waals surface area contributed by atoms with Gasteiger partial charge >= 0.3 is 6.84 Å². The van der Waals surface area contributed by atoms with Gasteiger partial charge in [-0.3, -0.25) is 0 Å². The third kappa shape index (κ3) is 2.90. The van der Waals surface area contributed by atoms with E-state index in [0.717, 1.165) is 22.1 Å². The molecular formula is C15H17ClO3P+. The molecule has 2 aromatic rings. The van der Waals surface area contributed by atoms with Crippen molar-refractivity contribution in [3.8, 4) is 11.5 Å². The number of methoxy groups -OCH3 is 2. The Morgan fingerprint density at radius 2 is 1.05 bits per heavy atom. The molecule has 106 valence electrons. The van der Waals surface area contributed by atoms with Gasteiger partial charge in [0.2, 0.25) is 0 Å². The van der Waals surface area contributed by atoms with E-state index in [1.54, 1.807) is 21.3 Å². The summed E-state index contributed by atoms with van der Waals surface area (Å²) in [6.45, 7) is -2.35. The molecule has 0 aliphatic carbocycles. The minimum absolute atomic E-state index is 0.794. The molecule has 0 N–H and O–H groups in total. The molecule has 0 amide bonds. The summed E-state index contributed by atoms with van der Waals surface area (Å²) < 4.78 is 16.0. The molecule has 2 rings (SSSR count). The van der Waals surface area contributed by atoms with Crippen LogP contribution in [-0.2, 0) is 4.52 Å². The fourth-order valence-electron chi connectivity index (χ4n) is 1.91. The first-order valence-electron chi connectivity index (χ1n) is 6.07. The van der Waals surface area contributed by atoms with Gasteiger partial charge in [-0.05, 0) is 48.5 Å². The minimum Gasteiger partial charge on any atom is -0.497 e. The fraction of sp³-hybridized carbons (Fsp3) is 0.200. The van der Waals surface area contributed by atoms with Crippen molar-refractivity contribution in [3.63, 3.8) is 0 Å². The molecule has 0 spiro atoms. The lowest BCUT2D eigenvalue weighted by Gasteiger charge is -2.16. The van der Waals surface area contributed by atoms with Gasteiger partial charge in [-0.2, -0.15) is 0 Å². The van der Waals surface area contributed by atoms with Crippen LogP contribution in [-0.4, -0.2) is 21.3 Å². The van der Waals surface area contributed by atoms with Crippen LogP contribution in [0.25, 0.3) is 0 Å². The number of ether oxygens (including phenoxy) is 2. The third-order valence-corrected chi connectivity index (χ3v) is 7.07. The molecule has 0 radical (unpaired) electrons. The Kier molecular flexibility index (Phi) is 4.87. The lowest BCUT2D eigenvalue weighted by molar-refractivity contribution is 0.415. The summed E-state index contributed by atoms with van der Waals surface area (Å²) in [5.74, 6) is 1.59. The van der Waals surface area contributed by atoms with E-state index in [2.05, 4.69) is 0 Å². The molecule has 2 aromatic carbocycles. The second kappa shape index (κ2) is 6.45. The Morgan fingerprint density at radius 1 is 0.700 bits per heavy atom. The van der Waals surface area contributed by atoms with Gasteiger partial charge in [0.1, 0.15) is 33.3 Å². The van der Waals surface area contributed by atoms with Gasteiger partial charge < -0.3 is 9.47 Å². The second-order valence-electron chi connectivity index (χ2n) is 4.11. The van der Waals surface area contributed by atoms with Crippen LogP contribution < -0.4 is 20.1 Å². The molecule has 3 nitrogen and oxygen atoms in total. The molecule has 0 saturated heterocycles. The topological polar surface area (TPSA) is 27.7 Å². The molecule has 0 bridgehead atoms. The first kappa shape index (κ1) is 15.1. The Hall–Kier alpha value is -1.28. The van der Waals surface area contributed by atoms with Gasteiger partial charge in [0.05, 0.1) is 21.3 Å². The van der Waals surface area contributed by atoms with Gasteiger partial charge in [0.25, 0.3) is 0 Å². The van der Waals surface area contributed by atoms with Crippen molar-refractivity contribution in [2.75, 3.05) is 21.3 Å². The highest BCUT2D eigenvalue weighted by molar-refractivity contribution is 8.06. The van der Waals surface area contributed by atoms with E-state index in [-0.39, 0.29) is 0 Å². The largest absolute Gasteiger partial charge is 0.497 e.